The van der Waals surface area contributed by atoms with Crippen LogP contribution in [0.5, 0.6) is 0 Å². The second kappa shape index (κ2) is 11.0. The lowest BCUT2D eigenvalue weighted by atomic mass is 10.1. The Kier molecular flexibility index (Phi) is 8.01. The molecule has 0 saturated carbocycles. The van der Waals surface area contributed by atoms with Crippen molar-refractivity contribution in [1.82, 2.24) is 4.31 Å². The van der Waals surface area contributed by atoms with E-state index in [1.807, 2.05) is 13.0 Å². The fourth-order valence-electron chi connectivity index (χ4n) is 4.28. The summed E-state index contributed by atoms with van der Waals surface area (Å²) in [6, 6.07) is 17.4. The molecule has 0 spiro atoms. The molecular formula is C27H31N3O5S2. The highest BCUT2D eigenvalue weighted by Crippen LogP contribution is 2.24. The molecule has 10 heteroatoms. The van der Waals surface area contributed by atoms with E-state index in [4.69, 9.17) is 0 Å². The van der Waals surface area contributed by atoms with Gasteiger partial charge in [0.25, 0.3) is 15.9 Å². The molecule has 0 radical (unpaired) electrons. The molecule has 1 saturated heterocycles. The molecule has 196 valence electrons. The first-order chi connectivity index (χ1) is 17.6. The van der Waals surface area contributed by atoms with Gasteiger partial charge in [0.15, 0.2) is 0 Å². The quantitative estimate of drug-likeness (QED) is 0.441. The summed E-state index contributed by atoms with van der Waals surface area (Å²) in [6.07, 6.45) is 3.67. The van der Waals surface area contributed by atoms with Gasteiger partial charge in [0.05, 0.1) is 9.79 Å². The smallest absolute Gasteiger partial charge is 0.261 e. The van der Waals surface area contributed by atoms with E-state index < -0.39 is 26.0 Å². The zero-order valence-electron chi connectivity index (χ0n) is 20.9. The normalized spacial score (nSPS) is 15.1. The van der Waals surface area contributed by atoms with Crippen molar-refractivity contribution < 1.29 is 21.6 Å². The Bertz CT molecular complexity index is 1490. The van der Waals surface area contributed by atoms with Crippen molar-refractivity contribution in [3.8, 4) is 0 Å². The molecule has 1 amide bonds. The third kappa shape index (κ3) is 6.38. The average Bonchev–Trinajstić information content (AvgIpc) is 3.14. The van der Waals surface area contributed by atoms with Crippen LogP contribution in [0, 0.1) is 13.8 Å². The van der Waals surface area contributed by atoms with Gasteiger partial charge in [0, 0.05) is 30.0 Å². The molecule has 4 rings (SSSR count). The molecule has 0 bridgehead atoms. The second-order valence-electron chi connectivity index (χ2n) is 9.25. The monoisotopic (exact) mass is 541 g/mol. The lowest BCUT2D eigenvalue weighted by Gasteiger charge is -2.20. The molecule has 0 unspecified atom stereocenters. The van der Waals surface area contributed by atoms with Gasteiger partial charge in [-0.05, 0) is 86.3 Å². The minimum Gasteiger partial charge on any atom is -0.322 e. The molecule has 0 aliphatic carbocycles. The molecule has 1 heterocycles. The minimum absolute atomic E-state index is 0.0497. The van der Waals surface area contributed by atoms with Crippen LogP contribution in [0.15, 0.2) is 76.5 Å². The van der Waals surface area contributed by atoms with E-state index in [1.165, 1.54) is 40.7 Å². The van der Waals surface area contributed by atoms with Crippen LogP contribution >= 0.6 is 0 Å². The fraction of sp³-hybridized carbons (Fsp3) is 0.296. The zero-order chi connectivity index (χ0) is 26.6. The van der Waals surface area contributed by atoms with Gasteiger partial charge >= 0.3 is 0 Å². The van der Waals surface area contributed by atoms with Crippen LogP contribution in [0.25, 0.3) is 0 Å². The Morgan fingerprint density at radius 1 is 0.757 bits per heavy atom. The number of nitrogens with zero attached hydrogens (tertiary/aromatic N) is 1. The maximum Gasteiger partial charge on any atom is 0.261 e. The van der Waals surface area contributed by atoms with E-state index in [0.29, 0.717) is 30.0 Å². The lowest BCUT2D eigenvalue weighted by Crippen LogP contribution is -2.32. The van der Waals surface area contributed by atoms with Crippen LogP contribution in [0.3, 0.4) is 0 Å². The predicted molar refractivity (Wildman–Crippen MR) is 145 cm³/mol. The van der Waals surface area contributed by atoms with Crippen molar-refractivity contribution in [1.29, 1.82) is 0 Å². The van der Waals surface area contributed by atoms with Gasteiger partial charge in [-0.2, -0.15) is 4.31 Å². The van der Waals surface area contributed by atoms with E-state index in [2.05, 4.69) is 10.0 Å². The summed E-state index contributed by atoms with van der Waals surface area (Å²) in [5.74, 6) is -0.473. The highest BCUT2D eigenvalue weighted by atomic mass is 32.2. The summed E-state index contributed by atoms with van der Waals surface area (Å²) < 4.78 is 55.9. The number of hydrogen-bond donors (Lipinski definition) is 2. The van der Waals surface area contributed by atoms with Crippen LogP contribution in [-0.2, 0) is 20.0 Å². The third-order valence-electron chi connectivity index (χ3n) is 6.35. The molecule has 37 heavy (non-hydrogen) atoms. The van der Waals surface area contributed by atoms with Crippen molar-refractivity contribution in [2.75, 3.05) is 23.1 Å². The summed E-state index contributed by atoms with van der Waals surface area (Å²) in [5, 5.41) is 2.74. The van der Waals surface area contributed by atoms with Gasteiger partial charge in [-0.25, -0.2) is 16.8 Å². The van der Waals surface area contributed by atoms with Gasteiger partial charge in [-0.1, -0.05) is 31.0 Å². The van der Waals surface area contributed by atoms with Crippen molar-refractivity contribution in [3.05, 3.63) is 83.4 Å². The van der Waals surface area contributed by atoms with Gasteiger partial charge in [-0.3, -0.25) is 9.52 Å². The van der Waals surface area contributed by atoms with Gasteiger partial charge in [0.2, 0.25) is 10.0 Å². The highest BCUT2D eigenvalue weighted by molar-refractivity contribution is 7.92. The molecule has 3 aromatic rings. The number of amides is 1. The largest absolute Gasteiger partial charge is 0.322 e. The number of carbonyl (C=O) groups excluding carboxylic acids is 1. The predicted octanol–water partition coefficient (Wildman–Crippen LogP) is 4.92. The van der Waals surface area contributed by atoms with E-state index in [1.54, 1.807) is 31.2 Å². The van der Waals surface area contributed by atoms with Gasteiger partial charge in [-0.15, -0.1) is 0 Å². The average molecular weight is 542 g/mol. The molecule has 1 aliphatic heterocycles. The first-order valence-corrected chi connectivity index (χ1v) is 15.1. The number of hydrogen-bond acceptors (Lipinski definition) is 5. The summed E-state index contributed by atoms with van der Waals surface area (Å²) in [4.78, 5) is 13.2. The Labute approximate surface area is 218 Å². The lowest BCUT2D eigenvalue weighted by molar-refractivity contribution is 0.102. The summed E-state index contributed by atoms with van der Waals surface area (Å²) in [6.45, 7) is 4.57. The molecule has 1 fully saturated rings. The van der Waals surface area contributed by atoms with E-state index in [0.717, 1.165) is 31.2 Å². The number of rotatable bonds is 7. The number of benzene rings is 3. The number of carbonyl (C=O) groups is 1. The van der Waals surface area contributed by atoms with Gasteiger partial charge in [0.1, 0.15) is 0 Å². The van der Waals surface area contributed by atoms with E-state index in [9.17, 15) is 21.6 Å². The maximum absolute atomic E-state index is 13.2. The number of nitrogens with one attached hydrogen (secondary N) is 2. The summed E-state index contributed by atoms with van der Waals surface area (Å²) in [5.41, 5.74) is 2.65. The van der Waals surface area contributed by atoms with Crippen LogP contribution < -0.4 is 10.0 Å². The van der Waals surface area contributed by atoms with Crippen molar-refractivity contribution in [3.63, 3.8) is 0 Å². The van der Waals surface area contributed by atoms with Crippen LogP contribution in [0.4, 0.5) is 11.4 Å². The molecule has 0 atom stereocenters. The number of sulfonamides is 2. The SMILES string of the molecule is Cc1cccc(NS(=O)(=O)c2ccc(NC(=O)c3cc(S(=O)(=O)N4CCCCCC4)ccc3C)cc2)c1. The Morgan fingerprint density at radius 3 is 2.05 bits per heavy atom. The highest BCUT2D eigenvalue weighted by Gasteiger charge is 2.26. The van der Waals surface area contributed by atoms with Crippen molar-refractivity contribution in [2.45, 2.75) is 49.3 Å². The van der Waals surface area contributed by atoms with E-state index >= 15 is 0 Å². The van der Waals surface area contributed by atoms with Crippen molar-refractivity contribution >= 4 is 37.3 Å². The van der Waals surface area contributed by atoms with Crippen molar-refractivity contribution in [2.24, 2.45) is 0 Å². The van der Waals surface area contributed by atoms with E-state index in [-0.39, 0.29) is 15.4 Å². The third-order valence-corrected chi connectivity index (χ3v) is 9.64. The van der Waals surface area contributed by atoms with Crippen LogP contribution in [0.1, 0.15) is 47.2 Å². The Balaban J connectivity index is 1.50. The molecular weight excluding hydrogens is 510 g/mol. The van der Waals surface area contributed by atoms with Gasteiger partial charge < -0.3 is 5.32 Å². The molecule has 0 aromatic heterocycles. The molecule has 8 nitrogen and oxygen atoms in total. The molecule has 2 N–H and O–H groups in total. The molecule has 1 aliphatic rings. The molecule has 3 aromatic carbocycles. The minimum atomic E-state index is -3.80. The summed E-state index contributed by atoms with van der Waals surface area (Å²) >= 11 is 0. The van der Waals surface area contributed by atoms with Crippen LogP contribution in [0.2, 0.25) is 0 Å². The second-order valence-corrected chi connectivity index (χ2v) is 12.9. The first kappa shape index (κ1) is 26.8. The fourth-order valence-corrected chi connectivity index (χ4v) is 6.87. The maximum atomic E-state index is 13.2. The summed E-state index contributed by atoms with van der Waals surface area (Å²) in [7, 11) is -7.51. The standard InChI is InChI=1S/C27H31N3O5S2/c1-20-8-7-9-23(18-20)29-36(32,33)24-14-11-22(12-15-24)28-27(31)26-19-25(13-10-21(26)2)37(34,35)30-16-5-3-4-6-17-30/h7-15,18-19,29H,3-6,16-17H2,1-2H3,(H,28,31). The number of anilines is 2. The topological polar surface area (TPSA) is 113 Å². The number of aryl methyl sites for hydroxylation is 2. The Morgan fingerprint density at radius 2 is 1.41 bits per heavy atom. The zero-order valence-corrected chi connectivity index (χ0v) is 22.5. The first-order valence-electron chi connectivity index (χ1n) is 12.2. The van der Waals surface area contributed by atoms with Crippen LogP contribution in [-0.4, -0.2) is 40.1 Å². The Hall–Kier alpha value is -3.21.